The van der Waals surface area contributed by atoms with E-state index in [9.17, 15) is 23.1 Å². The molecule has 0 radical (unpaired) electrons. The third kappa shape index (κ3) is 3.06. The Balaban J connectivity index is 2.59. The van der Waals surface area contributed by atoms with Gasteiger partial charge in [0.25, 0.3) is 0 Å². The van der Waals surface area contributed by atoms with Gasteiger partial charge in [-0.05, 0) is 18.9 Å². The number of alkyl halides is 3. The van der Waals surface area contributed by atoms with Crippen LogP contribution in [0.4, 0.5) is 13.2 Å². The molecule has 0 aliphatic heterocycles. The van der Waals surface area contributed by atoms with E-state index < -0.39 is 24.2 Å². The molecule has 1 unspecified atom stereocenters. The first kappa shape index (κ1) is 17.3. The molecular formula is C16H18F3NO3. The van der Waals surface area contributed by atoms with E-state index in [2.05, 4.69) is 9.72 Å². The summed E-state index contributed by atoms with van der Waals surface area (Å²) in [7, 11) is 0. The number of nitrogens with one attached hydrogen (secondary N) is 1. The number of rotatable bonds is 5. The predicted molar refractivity (Wildman–Crippen MR) is 78.9 cm³/mol. The van der Waals surface area contributed by atoms with Gasteiger partial charge in [-0.15, -0.1) is 0 Å². The van der Waals surface area contributed by atoms with Crippen LogP contribution in [0.25, 0.3) is 10.9 Å². The van der Waals surface area contributed by atoms with Gasteiger partial charge in [0.2, 0.25) is 0 Å². The van der Waals surface area contributed by atoms with Gasteiger partial charge in [0.1, 0.15) is 0 Å². The molecule has 2 rings (SSSR count). The number of fused-ring (bicyclic) bond motifs is 1. The summed E-state index contributed by atoms with van der Waals surface area (Å²) in [6.45, 7) is 3.31. The van der Waals surface area contributed by atoms with Crippen LogP contribution in [0.5, 0.6) is 0 Å². The second kappa shape index (κ2) is 6.23. The van der Waals surface area contributed by atoms with Gasteiger partial charge in [0.15, 0.2) is 5.60 Å². The van der Waals surface area contributed by atoms with Crippen LogP contribution in [0.1, 0.15) is 31.4 Å². The number of ether oxygens (including phenoxy) is 1. The lowest BCUT2D eigenvalue weighted by Crippen LogP contribution is -2.44. The molecule has 0 aliphatic rings. The van der Waals surface area contributed by atoms with Crippen LogP contribution >= 0.6 is 0 Å². The van der Waals surface area contributed by atoms with Crippen molar-refractivity contribution in [2.45, 2.75) is 38.5 Å². The van der Waals surface area contributed by atoms with E-state index >= 15 is 0 Å². The Labute approximate surface area is 131 Å². The Morgan fingerprint density at radius 2 is 2.00 bits per heavy atom. The van der Waals surface area contributed by atoms with Crippen LogP contribution in [-0.2, 0) is 21.6 Å². The normalized spacial score (nSPS) is 14.7. The molecule has 0 spiro atoms. The average molecular weight is 329 g/mol. The van der Waals surface area contributed by atoms with E-state index in [4.69, 9.17) is 0 Å². The molecule has 126 valence electrons. The predicted octanol–water partition coefficient (Wildman–Crippen LogP) is 3.43. The van der Waals surface area contributed by atoms with Crippen molar-refractivity contribution >= 4 is 16.9 Å². The van der Waals surface area contributed by atoms with E-state index in [1.807, 2.05) is 6.92 Å². The lowest BCUT2D eigenvalue weighted by atomic mass is 9.89. The van der Waals surface area contributed by atoms with Crippen molar-refractivity contribution in [3.63, 3.8) is 0 Å². The molecule has 0 aliphatic carbocycles. The SMILES string of the molecule is CCOC(=O)CC(O)(c1c[nH]c2c(CC)cccc12)C(F)(F)F. The zero-order valence-corrected chi connectivity index (χ0v) is 12.8. The minimum Gasteiger partial charge on any atom is -0.466 e. The van der Waals surface area contributed by atoms with Crippen molar-refractivity contribution in [2.24, 2.45) is 0 Å². The minimum absolute atomic E-state index is 0.0549. The van der Waals surface area contributed by atoms with E-state index in [1.165, 1.54) is 13.0 Å². The van der Waals surface area contributed by atoms with Crippen LogP contribution in [0.3, 0.4) is 0 Å². The van der Waals surface area contributed by atoms with Gasteiger partial charge in [-0.2, -0.15) is 13.2 Å². The molecule has 1 heterocycles. The Morgan fingerprint density at radius 3 is 2.57 bits per heavy atom. The van der Waals surface area contributed by atoms with Crippen LogP contribution < -0.4 is 0 Å². The summed E-state index contributed by atoms with van der Waals surface area (Å²) in [6.07, 6.45) is -4.47. The third-order valence-electron chi connectivity index (χ3n) is 3.80. The molecule has 1 atom stereocenters. The number of para-hydroxylation sites is 1. The van der Waals surface area contributed by atoms with Gasteiger partial charge in [0, 0.05) is 22.7 Å². The molecule has 0 bridgehead atoms. The standard InChI is InChI=1S/C16H18F3NO3/c1-3-10-6-5-7-11-12(9-20-14(10)11)15(22,16(17,18)19)8-13(21)23-4-2/h5-7,9,20,22H,3-4,8H2,1-2H3. The van der Waals surface area contributed by atoms with Gasteiger partial charge in [-0.25, -0.2) is 0 Å². The first-order chi connectivity index (χ1) is 10.7. The number of H-pyrrole nitrogens is 1. The van der Waals surface area contributed by atoms with Gasteiger partial charge >= 0.3 is 12.1 Å². The number of benzene rings is 1. The van der Waals surface area contributed by atoms with E-state index in [0.29, 0.717) is 11.9 Å². The minimum atomic E-state index is -5.02. The molecule has 23 heavy (non-hydrogen) atoms. The molecule has 0 amide bonds. The van der Waals surface area contributed by atoms with Crippen molar-refractivity contribution in [2.75, 3.05) is 6.61 Å². The summed E-state index contributed by atoms with van der Waals surface area (Å²) in [6, 6.07) is 4.91. The maximum atomic E-state index is 13.5. The number of esters is 1. The fraction of sp³-hybridized carbons (Fsp3) is 0.438. The smallest absolute Gasteiger partial charge is 0.422 e. The second-order valence-corrected chi connectivity index (χ2v) is 5.24. The fourth-order valence-electron chi connectivity index (χ4n) is 2.62. The van der Waals surface area contributed by atoms with Crippen molar-refractivity contribution in [1.29, 1.82) is 0 Å². The average Bonchev–Trinajstić information content (AvgIpc) is 2.90. The maximum absolute atomic E-state index is 13.5. The summed E-state index contributed by atoms with van der Waals surface area (Å²) < 4.78 is 45.1. The van der Waals surface area contributed by atoms with E-state index in [-0.39, 0.29) is 17.6 Å². The van der Waals surface area contributed by atoms with Gasteiger partial charge in [-0.3, -0.25) is 4.79 Å². The number of hydrogen-bond donors (Lipinski definition) is 2. The topological polar surface area (TPSA) is 62.3 Å². The number of aryl methyl sites for hydroxylation is 1. The number of halogens is 3. The number of carbonyl (C=O) groups excluding carboxylic acids is 1. The highest BCUT2D eigenvalue weighted by molar-refractivity contribution is 5.87. The van der Waals surface area contributed by atoms with E-state index in [0.717, 1.165) is 11.8 Å². The van der Waals surface area contributed by atoms with E-state index in [1.54, 1.807) is 12.1 Å². The molecule has 2 aromatic rings. The summed E-state index contributed by atoms with van der Waals surface area (Å²) >= 11 is 0. The highest BCUT2D eigenvalue weighted by Crippen LogP contribution is 2.44. The zero-order valence-electron chi connectivity index (χ0n) is 12.8. The molecule has 2 N–H and O–H groups in total. The van der Waals surface area contributed by atoms with Crippen molar-refractivity contribution in [3.8, 4) is 0 Å². The van der Waals surface area contributed by atoms with Gasteiger partial charge in [0.05, 0.1) is 13.0 Å². The van der Waals surface area contributed by atoms with Crippen LogP contribution in [0.2, 0.25) is 0 Å². The van der Waals surface area contributed by atoms with Crippen molar-refractivity contribution < 1.29 is 27.8 Å². The molecular weight excluding hydrogens is 311 g/mol. The lowest BCUT2D eigenvalue weighted by molar-refractivity contribution is -0.269. The molecule has 0 saturated carbocycles. The first-order valence-corrected chi connectivity index (χ1v) is 7.28. The lowest BCUT2D eigenvalue weighted by Gasteiger charge is -2.29. The molecule has 7 heteroatoms. The van der Waals surface area contributed by atoms with Crippen molar-refractivity contribution in [3.05, 3.63) is 35.5 Å². The Bertz CT molecular complexity index is 708. The summed E-state index contributed by atoms with van der Waals surface area (Å²) in [5, 5.41) is 10.6. The number of aliphatic hydroxyl groups is 1. The zero-order chi connectivity index (χ0) is 17.3. The molecule has 4 nitrogen and oxygen atoms in total. The number of carbonyl (C=O) groups is 1. The summed E-state index contributed by atoms with van der Waals surface area (Å²) in [4.78, 5) is 14.3. The quantitative estimate of drug-likeness (QED) is 0.826. The maximum Gasteiger partial charge on any atom is 0.422 e. The van der Waals surface area contributed by atoms with Gasteiger partial charge in [-0.1, -0.05) is 25.1 Å². The highest BCUT2D eigenvalue weighted by Gasteiger charge is 2.57. The molecule has 1 aromatic heterocycles. The summed E-state index contributed by atoms with van der Waals surface area (Å²) in [5.74, 6) is -1.10. The first-order valence-electron chi connectivity index (χ1n) is 7.28. The van der Waals surface area contributed by atoms with Crippen LogP contribution in [0, 0.1) is 0 Å². The summed E-state index contributed by atoms with van der Waals surface area (Å²) in [5.41, 5.74) is -2.32. The molecule has 1 aromatic carbocycles. The van der Waals surface area contributed by atoms with Crippen LogP contribution in [0.15, 0.2) is 24.4 Å². The second-order valence-electron chi connectivity index (χ2n) is 5.24. The Hall–Kier alpha value is -2.02. The van der Waals surface area contributed by atoms with Crippen molar-refractivity contribution in [1.82, 2.24) is 4.98 Å². The van der Waals surface area contributed by atoms with Crippen LogP contribution in [-0.4, -0.2) is 28.8 Å². The fourth-order valence-corrected chi connectivity index (χ4v) is 2.62. The monoisotopic (exact) mass is 329 g/mol. The number of aromatic amines is 1. The third-order valence-corrected chi connectivity index (χ3v) is 3.80. The largest absolute Gasteiger partial charge is 0.466 e. The highest BCUT2D eigenvalue weighted by atomic mass is 19.4. The molecule has 0 saturated heterocycles. The number of aromatic nitrogens is 1. The molecule has 0 fully saturated rings. The number of hydrogen-bond acceptors (Lipinski definition) is 3. The Morgan fingerprint density at radius 1 is 1.30 bits per heavy atom. The Kier molecular flexibility index (Phi) is 4.70. The van der Waals surface area contributed by atoms with Gasteiger partial charge < -0.3 is 14.8 Å².